The molecule has 80 valence electrons. The van der Waals surface area contributed by atoms with E-state index in [2.05, 4.69) is 34.6 Å². The van der Waals surface area contributed by atoms with Gasteiger partial charge in [0.1, 0.15) is 0 Å². The van der Waals surface area contributed by atoms with Gasteiger partial charge in [0.2, 0.25) is 0 Å². The van der Waals surface area contributed by atoms with Crippen LogP contribution < -0.4 is 0 Å². The smallest absolute Gasteiger partial charge is 0.0588 e. The molecular formula is C12H26O. The molecule has 0 radical (unpaired) electrons. The van der Waals surface area contributed by atoms with Gasteiger partial charge in [-0.05, 0) is 17.8 Å². The Kier molecular flexibility index (Phi) is 5.62. The van der Waals surface area contributed by atoms with Crippen LogP contribution in [0.1, 0.15) is 60.3 Å². The molecule has 1 heteroatoms. The van der Waals surface area contributed by atoms with Crippen LogP contribution in [-0.4, -0.2) is 11.2 Å². The van der Waals surface area contributed by atoms with Crippen molar-refractivity contribution in [3.8, 4) is 0 Å². The summed E-state index contributed by atoms with van der Waals surface area (Å²) in [5.74, 6) is 0.812. The van der Waals surface area contributed by atoms with E-state index in [9.17, 15) is 5.11 Å². The average molecular weight is 186 g/mol. The van der Waals surface area contributed by atoms with Crippen LogP contribution >= 0.6 is 0 Å². The normalized spacial score (nSPS) is 17.1. The molecule has 1 N–H and O–H groups in total. The highest BCUT2D eigenvalue weighted by Gasteiger charge is 2.21. The van der Waals surface area contributed by atoms with Crippen LogP contribution in [-0.2, 0) is 0 Å². The molecule has 1 nitrogen and oxygen atoms in total. The summed E-state index contributed by atoms with van der Waals surface area (Å²) in [4.78, 5) is 0. The Balaban J connectivity index is 3.54. The molecule has 0 aromatic rings. The second-order valence-corrected chi connectivity index (χ2v) is 5.33. The van der Waals surface area contributed by atoms with Gasteiger partial charge in [-0.3, -0.25) is 0 Å². The molecule has 0 heterocycles. The van der Waals surface area contributed by atoms with E-state index >= 15 is 0 Å². The maximum atomic E-state index is 9.77. The van der Waals surface area contributed by atoms with E-state index in [-0.39, 0.29) is 11.5 Å². The highest BCUT2D eigenvalue weighted by Crippen LogP contribution is 2.24. The Morgan fingerprint density at radius 1 is 1.15 bits per heavy atom. The minimum absolute atomic E-state index is 0.0510. The maximum Gasteiger partial charge on any atom is 0.0588 e. The molecule has 2 atom stereocenters. The van der Waals surface area contributed by atoms with Gasteiger partial charge in [-0.2, -0.15) is 0 Å². The van der Waals surface area contributed by atoms with Gasteiger partial charge in [-0.15, -0.1) is 0 Å². The fourth-order valence-corrected chi connectivity index (χ4v) is 1.30. The summed E-state index contributed by atoms with van der Waals surface area (Å²) < 4.78 is 0. The maximum absolute atomic E-state index is 9.77. The van der Waals surface area contributed by atoms with Gasteiger partial charge in [0.25, 0.3) is 0 Å². The van der Waals surface area contributed by atoms with Crippen LogP contribution in [0.15, 0.2) is 0 Å². The molecule has 13 heavy (non-hydrogen) atoms. The lowest BCUT2D eigenvalue weighted by atomic mass is 9.85. The molecule has 2 unspecified atom stereocenters. The molecule has 0 aromatic carbocycles. The Morgan fingerprint density at radius 3 is 2.08 bits per heavy atom. The fraction of sp³-hybridized carbons (Fsp3) is 1.00. The van der Waals surface area contributed by atoms with Crippen molar-refractivity contribution in [2.24, 2.45) is 11.3 Å². The van der Waals surface area contributed by atoms with Gasteiger partial charge in [0.05, 0.1) is 6.10 Å². The Hall–Kier alpha value is -0.0400. The number of hydrogen-bond acceptors (Lipinski definition) is 1. The minimum atomic E-state index is -0.142. The van der Waals surface area contributed by atoms with Gasteiger partial charge in [-0.25, -0.2) is 0 Å². The van der Waals surface area contributed by atoms with E-state index in [0.717, 1.165) is 18.8 Å². The average Bonchev–Trinajstić information content (AvgIpc) is 2.02. The first kappa shape index (κ1) is 13.0. The van der Waals surface area contributed by atoms with Crippen molar-refractivity contribution in [1.82, 2.24) is 0 Å². The van der Waals surface area contributed by atoms with E-state index in [1.807, 2.05) is 0 Å². The second kappa shape index (κ2) is 5.64. The monoisotopic (exact) mass is 186 g/mol. The number of rotatable bonds is 5. The first-order valence-corrected chi connectivity index (χ1v) is 5.56. The van der Waals surface area contributed by atoms with Crippen LogP contribution in [0, 0.1) is 11.3 Å². The minimum Gasteiger partial charge on any atom is -0.393 e. The summed E-state index contributed by atoms with van der Waals surface area (Å²) in [6.45, 7) is 10.8. The molecule has 0 spiro atoms. The topological polar surface area (TPSA) is 20.2 Å². The van der Waals surface area contributed by atoms with Crippen LogP contribution in [0.2, 0.25) is 0 Å². The molecule has 0 rings (SSSR count). The highest BCUT2D eigenvalue weighted by atomic mass is 16.3. The van der Waals surface area contributed by atoms with Crippen LogP contribution in [0.4, 0.5) is 0 Å². The molecule has 0 saturated carbocycles. The van der Waals surface area contributed by atoms with Crippen LogP contribution in [0.25, 0.3) is 0 Å². The van der Waals surface area contributed by atoms with Crippen molar-refractivity contribution in [2.75, 3.05) is 0 Å². The van der Waals surface area contributed by atoms with Crippen molar-refractivity contribution < 1.29 is 5.11 Å². The number of hydrogen-bond donors (Lipinski definition) is 1. The first-order valence-electron chi connectivity index (χ1n) is 5.56. The standard InChI is InChI=1S/C12H26O/c1-6-10(2)8-7-9-11(13)12(3,4)5/h10-11,13H,6-9H2,1-5H3. The first-order chi connectivity index (χ1) is 5.88. The molecule has 0 aromatic heterocycles. The molecular weight excluding hydrogens is 160 g/mol. The predicted molar refractivity (Wildman–Crippen MR) is 58.8 cm³/mol. The van der Waals surface area contributed by atoms with Crippen LogP contribution in [0.3, 0.4) is 0 Å². The lowest BCUT2D eigenvalue weighted by Gasteiger charge is -2.26. The Labute approximate surface area is 83.5 Å². The summed E-state index contributed by atoms with van der Waals surface area (Å²) >= 11 is 0. The van der Waals surface area contributed by atoms with Gasteiger partial charge in [-0.1, -0.05) is 53.9 Å². The van der Waals surface area contributed by atoms with E-state index in [4.69, 9.17) is 0 Å². The molecule has 0 bridgehead atoms. The summed E-state index contributed by atoms with van der Waals surface area (Å²) in [5, 5.41) is 9.77. The molecule has 0 saturated heterocycles. The highest BCUT2D eigenvalue weighted by molar-refractivity contribution is 4.72. The summed E-state index contributed by atoms with van der Waals surface area (Å²) in [6, 6.07) is 0. The summed E-state index contributed by atoms with van der Waals surface area (Å²) in [5.41, 5.74) is 0.0510. The second-order valence-electron chi connectivity index (χ2n) is 5.33. The van der Waals surface area contributed by atoms with Gasteiger partial charge in [0.15, 0.2) is 0 Å². The SMILES string of the molecule is CCC(C)CCCC(O)C(C)(C)C. The Morgan fingerprint density at radius 2 is 1.69 bits per heavy atom. The van der Waals surface area contributed by atoms with Crippen molar-refractivity contribution >= 4 is 0 Å². The van der Waals surface area contributed by atoms with E-state index < -0.39 is 0 Å². The molecule has 0 aliphatic carbocycles. The van der Waals surface area contributed by atoms with Crippen molar-refractivity contribution in [3.05, 3.63) is 0 Å². The van der Waals surface area contributed by atoms with Gasteiger partial charge >= 0.3 is 0 Å². The molecule has 0 aliphatic rings. The number of aliphatic hydroxyl groups excluding tert-OH is 1. The fourth-order valence-electron chi connectivity index (χ4n) is 1.30. The number of aliphatic hydroxyl groups is 1. The zero-order chi connectivity index (χ0) is 10.5. The third kappa shape index (κ3) is 6.09. The van der Waals surface area contributed by atoms with Gasteiger partial charge in [0, 0.05) is 0 Å². The van der Waals surface area contributed by atoms with E-state index in [0.29, 0.717) is 0 Å². The lowest BCUT2D eigenvalue weighted by molar-refractivity contribution is 0.0525. The third-order valence-electron chi connectivity index (χ3n) is 2.87. The van der Waals surface area contributed by atoms with Gasteiger partial charge < -0.3 is 5.11 Å². The summed E-state index contributed by atoms with van der Waals surface area (Å²) in [7, 11) is 0. The molecule has 0 aliphatic heterocycles. The zero-order valence-electron chi connectivity index (χ0n) is 9.93. The van der Waals surface area contributed by atoms with E-state index in [1.54, 1.807) is 0 Å². The molecule has 0 amide bonds. The summed E-state index contributed by atoms with van der Waals surface area (Å²) in [6.07, 6.45) is 4.48. The van der Waals surface area contributed by atoms with Crippen LogP contribution in [0.5, 0.6) is 0 Å². The van der Waals surface area contributed by atoms with Crippen molar-refractivity contribution in [1.29, 1.82) is 0 Å². The van der Waals surface area contributed by atoms with E-state index in [1.165, 1.54) is 12.8 Å². The predicted octanol–water partition coefficient (Wildman–Crippen LogP) is 3.61. The molecule has 0 fully saturated rings. The Bertz CT molecular complexity index is 124. The quantitative estimate of drug-likeness (QED) is 0.695. The largest absolute Gasteiger partial charge is 0.393 e. The lowest BCUT2D eigenvalue weighted by Crippen LogP contribution is -2.25. The van der Waals surface area contributed by atoms with Crippen molar-refractivity contribution in [3.63, 3.8) is 0 Å². The zero-order valence-corrected chi connectivity index (χ0v) is 9.93. The third-order valence-corrected chi connectivity index (χ3v) is 2.87. The van der Waals surface area contributed by atoms with Crippen molar-refractivity contribution in [2.45, 2.75) is 66.4 Å².